The number of benzene rings is 1. The molecule has 1 fully saturated rings. The second kappa shape index (κ2) is 7.60. The first-order valence-corrected chi connectivity index (χ1v) is 7.17. The van der Waals surface area contributed by atoms with E-state index in [0.717, 1.165) is 57.8 Å². The summed E-state index contributed by atoms with van der Waals surface area (Å²) in [7, 11) is 0. The van der Waals surface area contributed by atoms with Crippen molar-refractivity contribution in [1.82, 2.24) is 9.80 Å². The Balaban J connectivity index is 1.73. The summed E-state index contributed by atoms with van der Waals surface area (Å²) in [6.45, 7) is 6.85. The average Bonchev–Trinajstić information content (AvgIpc) is 2.47. The highest BCUT2D eigenvalue weighted by Gasteiger charge is 2.19. The van der Waals surface area contributed by atoms with E-state index in [0.29, 0.717) is 0 Å². The van der Waals surface area contributed by atoms with Crippen LogP contribution in [0, 0.1) is 0 Å². The Kier molecular flexibility index (Phi) is 5.79. The molecule has 1 atom stereocenters. The van der Waals surface area contributed by atoms with Gasteiger partial charge in [-0.15, -0.1) is 0 Å². The van der Waals surface area contributed by atoms with Crippen molar-refractivity contribution >= 4 is 0 Å². The van der Waals surface area contributed by atoms with Crippen LogP contribution in [0.15, 0.2) is 30.3 Å². The predicted molar refractivity (Wildman–Crippen MR) is 78.0 cm³/mol. The molecule has 4 nitrogen and oxygen atoms in total. The number of aliphatic hydroxyl groups excluding tert-OH is 1. The summed E-state index contributed by atoms with van der Waals surface area (Å²) in [6.07, 6.45) is 0.698. The minimum atomic E-state index is -0.378. The second-order valence-electron chi connectivity index (χ2n) is 5.21. The van der Waals surface area contributed by atoms with Crippen LogP contribution in [0.1, 0.15) is 18.1 Å². The Morgan fingerprint density at radius 2 is 1.68 bits per heavy atom. The average molecular weight is 263 g/mol. The van der Waals surface area contributed by atoms with Crippen LogP contribution in [0.2, 0.25) is 0 Å². The predicted octanol–water partition coefficient (Wildman–Crippen LogP) is 0.686. The lowest BCUT2D eigenvalue weighted by Gasteiger charge is -2.35. The van der Waals surface area contributed by atoms with E-state index in [1.54, 1.807) is 0 Å². The molecule has 19 heavy (non-hydrogen) atoms. The molecule has 0 aliphatic carbocycles. The number of β-amino-alcohol motifs (C(OH)–C–C–N with tert-alkyl or cyclic N) is 1. The van der Waals surface area contributed by atoms with Crippen LogP contribution in [-0.4, -0.2) is 60.7 Å². The van der Waals surface area contributed by atoms with E-state index in [-0.39, 0.29) is 6.10 Å². The molecule has 1 aliphatic heterocycles. The molecular weight excluding hydrogens is 238 g/mol. The Bertz CT molecular complexity index is 350. The van der Waals surface area contributed by atoms with Crippen LogP contribution in [0.25, 0.3) is 0 Å². The van der Waals surface area contributed by atoms with Gasteiger partial charge in [0.2, 0.25) is 0 Å². The molecule has 1 saturated heterocycles. The standard InChI is InChI=1S/C15H25N3O/c16-7-4-8-17-9-11-18(12-10-17)13-15(19)14-5-2-1-3-6-14/h1-3,5-6,15,19H,4,7-13,16H2. The molecule has 0 radical (unpaired) electrons. The van der Waals surface area contributed by atoms with E-state index in [9.17, 15) is 5.11 Å². The van der Waals surface area contributed by atoms with Crippen LogP contribution >= 0.6 is 0 Å². The summed E-state index contributed by atoms with van der Waals surface area (Å²) in [5.74, 6) is 0. The number of piperazine rings is 1. The number of nitrogens with two attached hydrogens (primary N) is 1. The Hall–Kier alpha value is -0.940. The van der Waals surface area contributed by atoms with Gasteiger partial charge in [0.05, 0.1) is 6.10 Å². The summed E-state index contributed by atoms with van der Waals surface area (Å²) in [5, 5.41) is 10.2. The molecule has 2 rings (SSSR count). The van der Waals surface area contributed by atoms with E-state index in [4.69, 9.17) is 5.73 Å². The molecule has 1 unspecified atom stereocenters. The van der Waals surface area contributed by atoms with Crippen molar-refractivity contribution in [2.45, 2.75) is 12.5 Å². The van der Waals surface area contributed by atoms with Gasteiger partial charge in [-0.05, 0) is 25.1 Å². The highest BCUT2D eigenvalue weighted by Crippen LogP contribution is 2.14. The first-order valence-electron chi connectivity index (χ1n) is 7.17. The number of rotatable bonds is 6. The van der Waals surface area contributed by atoms with Crippen molar-refractivity contribution in [3.8, 4) is 0 Å². The van der Waals surface area contributed by atoms with Gasteiger partial charge in [-0.2, -0.15) is 0 Å². The maximum Gasteiger partial charge on any atom is 0.0916 e. The lowest BCUT2D eigenvalue weighted by molar-refractivity contribution is 0.0724. The van der Waals surface area contributed by atoms with Gasteiger partial charge in [0, 0.05) is 32.7 Å². The van der Waals surface area contributed by atoms with Crippen molar-refractivity contribution in [3.63, 3.8) is 0 Å². The summed E-state index contributed by atoms with van der Waals surface area (Å²) >= 11 is 0. The zero-order valence-corrected chi connectivity index (χ0v) is 11.5. The van der Waals surface area contributed by atoms with Gasteiger partial charge in [-0.1, -0.05) is 30.3 Å². The van der Waals surface area contributed by atoms with Gasteiger partial charge in [0.25, 0.3) is 0 Å². The van der Waals surface area contributed by atoms with E-state index in [2.05, 4.69) is 9.80 Å². The molecule has 3 N–H and O–H groups in total. The lowest BCUT2D eigenvalue weighted by Crippen LogP contribution is -2.47. The molecule has 0 spiro atoms. The Morgan fingerprint density at radius 3 is 2.32 bits per heavy atom. The number of hydrogen-bond donors (Lipinski definition) is 2. The number of aliphatic hydroxyl groups is 1. The SMILES string of the molecule is NCCCN1CCN(CC(O)c2ccccc2)CC1. The van der Waals surface area contributed by atoms with Crippen LogP contribution in [0.3, 0.4) is 0 Å². The summed E-state index contributed by atoms with van der Waals surface area (Å²) in [4.78, 5) is 4.80. The molecule has 1 aromatic rings. The molecule has 106 valence electrons. The monoisotopic (exact) mass is 263 g/mol. The molecule has 0 amide bonds. The van der Waals surface area contributed by atoms with Gasteiger partial charge in [0.15, 0.2) is 0 Å². The normalized spacial score (nSPS) is 19.5. The Morgan fingerprint density at radius 1 is 1.05 bits per heavy atom. The molecule has 1 aliphatic rings. The van der Waals surface area contributed by atoms with E-state index < -0.39 is 0 Å². The third-order valence-corrected chi connectivity index (χ3v) is 3.76. The van der Waals surface area contributed by atoms with Crippen molar-refractivity contribution in [2.75, 3.05) is 45.8 Å². The topological polar surface area (TPSA) is 52.7 Å². The third kappa shape index (κ3) is 4.58. The van der Waals surface area contributed by atoms with Crippen LogP contribution in [0.4, 0.5) is 0 Å². The minimum Gasteiger partial charge on any atom is -0.387 e. The van der Waals surface area contributed by atoms with Gasteiger partial charge in [-0.3, -0.25) is 4.90 Å². The zero-order valence-electron chi connectivity index (χ0n) is 11.5. The van der Waals surface area contributed by atoms with Crippen molar-refractivity contribution in [1.29, 1.82) is 0 Å². The molecule has 0 aromatic heterocycles. The second-order valence-corrected chi connectivity index (χ2v) is 5.21. The van der Waals surface area contributed by atoms with E-state index >= 15 is 0 Å². The molecule has 4 heteroatoms. The van der Waals surface area contributed by atoms with Crippen LogP contribution in [0.5, 0.6) is 0 Å². The van der Waals surface area contributed by atoms with Crippen molar-refractivity contribution in [3.05, 3.63) is 35.9 Å². The van der Waals surface area contributed by atoms with Crippen LogP contribution in [-0.2, 0) is 0 Å². The molecule has 0 bridgehead atoms. The van der Waals surface area contributed by atoms with Crippen molar-refractivity contribution < 1.29 is 5.11 Å². The molecular formula is C15H25N3O. The summed E-state index contributed by atoms with van der Waals surface area (Å²) < 4.78 is 0. The lowest BCUT2D eigenvalue weighted by atomic mass is 10.1. The minimum absolute atomic E-state index is 0.378. The maximum absolute atomic E-state index is 10.2. The Labute approximate surface area is 115 Å². The number of nitrogens with zero attached hydrogens (tertiary/aromatic N) is 2. The maximum atomic E-state index is 10.2. The third-order valence-electron chi connectivity index (χ3n) is 3.76. The fraction of sp³-hybridized carbons (Fsp3) is 0.600. The fourth-order valence-corrected chi connectivity index (χ4v) is 2.54. The first-order chi connectivity index (χ1) is 9.29. The van der Waals surface area contributed by atoms with Crippen LogP contribution < -0.4 is 5.73 Å². The van der Waals surface area contributed by atoms with Gasteiger partial charge in [0.1, 0.15) is 0 Å². The highest BCUT2D eigenvalue weighted by atomic mass is 16.3. The van der Waals surface area contributed by atoms with E-state index in [1.807, 2.05) is 30.3 Å². The van der Waals surface area contributed by atoms with Gasteiger partial charge < -0.3 is 15.7 Å². The summed E-state index contributed by atoms with van der Waals surface area (Å²) in [5.41, 5.74) is 6.54. The first kappa shape index (κ1) is 14.5. The van der Waals surface area contributed by atoms with Gasteiger partial charge in [-0.25, -0.2) is 0 Å². The van der Waals surface area contributed by atoms with Gasteiger partial charge >= 0.3 is 0 Å². The zero-order chi connectivity index (χ0) is 13.5. The quantitative estimate of drug-likeness (QED) is 0.793. The molecule has 0 saturated carbocycles. The highest BCUT2D eigenvalue weighted by molar-refractivity contribution is 5.17. The number of hydrogen-bond acceptors (Lipinski definition) is 4. The van der Waals surface area contributed by atoms with E-state index in [1.165, 1.54) is 0 Å². The largest absolute Gasteiger partial charge is 0.387 e. The molecule has 1 heterocycles. The van der Waals surface area contributed by atoms with Crippen molar-refractivity contribution in [2.24, 2.45) is 5.73 Å². The molecule has 1 aromatic carbocycles. The fourth-order valence-electron chi connectivity index (χ4n) is 2.54. The summed E-state index contributed by atoms with van der Waals surface area (Å²) in [6, 6.07) is 9.91. The smallest absolute Gasteiger partial charge is 0.0916 e.